The minimum absolute atomic E-state index is 0.0645. The van der Waals surface area contributed by atoms with Crippen molar-refractivity contribution >= 4 is 5.91 Å². The van der Waals surface area contributed by atoms with Crippen LogP contribution in [0.3, 0.4) is 0 Å². The summed E-state index contributed by atoms with van der Waals surface area (Å²) in [5.41, 5.74) is 2.90. The van der Waals surface area contributed by atoms with E-state index in [0.29, 0.717) is 18.5 Å². The van der Waals surface area contributed by atoms with Crippen molar-refractivity contribution < 1.29 is 23.9 Å². The fraction of sp³-hybridized carbons (Fsp3) is 0.423. The van der Waals surface area contributed by atoms with Gasteiger partial charge in [0.05, 0.1) is 38.9 Å². The Morgan fingerprint density at radius 1 is 1.20 bits per heavy atom. The summed E-state index contributed by atoms with van der Waals surface area (Å²) in [5.74, 6) is 2.97. The molecule has 0 spiro atoms. The maximum Gasteiger partial charge on any atom is 0.231 e. The molecule has 182 valence electrons. The van der Waals surface area contributed by atoms with Crippen molar-refractivity contribution in [1.82, 2.24) is 20.3 Å². The highest BCUT2D eigenvalue weighted by molar-refractivity contribution is 5.79. The minimum Gasteiger partial charge on any atom is -0.497 e. The number of piperidine rings is 3. The van der Waals surface area contributed by atoms with Crippen molar-refractivity contribution in [2.45, 2.75) is 32.0 Å². The smallest absolute Gasteiger partial charge is 0.231 e. The van der Waals surface area contributed by atoms with E-state index >= 15 is 0 Å². The molecule has 2 aromatic carbocycles. The zero-order valence-electron chi connectivity index (χ0n) is 19.8. The van der Waals surface area contributed by atoms with Crippen LogP contribution in [0.5, 0.6) is 17.2 Å². The summed E-state index contributed by atoms with van der Waals surface area (Å²) in [6.07, 6.45) is 4.15. The average molecular weight is 477 g/mol. The molecule has 3 aromatic rings. The highest BCUT2D eigenvalue weighted by Gasteiger charge is 2.46. The van der Waals surface area contributed by atoms with Gasteiger partial charge in [-0.05, 0) is 47.9 Å². The summed E-state index contributed by atoms with van der Waals surface area (Å²) < 4.78 is 18.0. The Labute approximate surface area is 204 Å². The fourth-order valence-corrected chi connectivity index (χ4v) is 5.70. The summed E-state index contributed by atoms with van der Waals surface area (Å²) in [4.78, 5) is 14.5. The van der Waals surface area contributed by atoms with Crippen LogP contribution >= 0.6 is 0 Å². The molecule has 1 amide bonds. The number of carbonyl (C=O) groups is 1. The number of amides is 1. The topological polar surface area (TPSA) is 91.9 Å². The SMILES string of the molecule is COc1ccc(-c2cn(C[C@H]3C[C@H]4CC[NH+]3C[C@@H]4C(=O)NCc3ccc4c(c3)OCO4)nn2)cc1. The molecule has 0 aliphatic carbocycles. The minimum atomic E-state index is 0.0645. The van der Waals surface area contributed by atoms with Crippen LogP contribution < -0.4 is 24.4 Å². The predicted molar refractivity (Wildman–Crippen MR) is 127 cm³/mol. The van der Waals surface area contributed by atoms with E-state index < -0.39 is 0 Å². The average Bonchev–Trinajstić information content (AvgIpc) is 3.57. The second kappa shape index (κ2) is 9.22. The van der Waals surface area contributed by atoms with E-state index in [4.69, 9.17) is 14.2 Å². The molecule has 0 saturated carbocycles. The summed E-state index contributed by atoms with van der Waals surface area (Å²) in [6, 6.07) is 14.1. The van der Waals surface area contributed by atoms with Gasteiger partial charge in [0, 0.05) is 24.9 Å². The lowest BCUT2D eigenvalue weighted by Crippen LogP contribution is -3.20. The number of quaternary nitrogens is 1. The largest absolute Gasteiger partial charge is 0.497 e. The lowest BCUT2D eigenvalue weighted by atomic mass is 9.75. The molecular weight excluding hydrogens is 446 g/mol. The molecule has 35 heavy (non-hydrogen) atoms. The second-order valence-electron chi connectivity index (χ2n) is 9.66. The molecule has 4 aliphatic heterocycles. The van der Waals surface area contributed by atoms with Gasteiger partial charge in [-0.2, -0.15) is 0 Å². The summed E-state index contributed by atoms with van der Waals surface area (Å²) >= 11 is 0. The zero-order valence-corrected chi connectivity index (χ0v) is 19.8. The molecule has 1 aromatic heterocycles. The zero-order chi connectivity index (χ0) is 23.8. The Hall–Kier alpha value is -3.59. The maximum absolute atomic E-state index is 13.0. The number of carbonyl (C=O) groups excluding carboxylic acids is 1. The lowest BCUT2D eigenvalue weighted by molar-refractivity contribution is -0.945. The van der Waals surface area contributed by atoms with Crippen molar-refractivity contribution in [2.24, 2.45) is 11.8 Å². The number of rotatable bonds is 7. The number of benzene rings is 2. The van der Waals surface area contributed by atoms with Crippen LogP contribution in [-0.2, 0) is 17.9 Å². The molecule has 2 N–H and O–H groups in total. The number of fused-ring (bicyclic) bond motifs is 4. The summed E-state index contributed by atoms with van der Waals surface area (Å²) in [6.45, 7) is 3.57. The first-order chi connectivity index (χ1) is 17.2. The van der Waals surface area contributed by atoms with Crippen molar-refractivity contribution in [3.05, 3.63) is 54.2 Å². The molecule has 0 radical (unpaired) electrons. The molecule has 2 bridgehead atoms. The third-order valence-electron chi connectivity index (χ3n) is 7.62. The summed E-state index contributed by atoms with van der Waals surface area (Å²) in [7, 11) is 1.66. The number of nitrogens with zero attached hydrogens (tertiary/aromatic N) is 3. The van der Waals surface area contributed by atoms with Gasteiger partial charge in [-0.1, -0.05) is 11.3 Å². The number of ether oxygens (including phenoxy) is 3. The van der Waals surface area contributed by atoms with E-state index in [1.54, 1.807) is 7.11 Å². The Morgan fingerprint density at radius 2 is 2.06 bits per heavy atom. The van der Waals surface area contributed by atoms with Gasteiger partial charge in [0.25, 0.3) is 0 Å². The lowest BCUT2D eigenvalue weighted by Gasteiger charge is -2.46. The van der Waals surface area contributed by atoms with Gasteiger partial charge in [-0.15, -0.1) is 5.10 Å². The number of aromatic nitrogens is 3. The van der Waals surface area contributed by atoms with Gasteiger partial charge in [-0.3, -0.25) is 4.79 Å². The molecule has 4 aliphatic rings. The molecule has 7 rings (SSSR count). The first-order valence-electron chi connectivity index (χ1n) is 12.2. The Kier molecular flexibility index (Phi) is 5.77. The Balaban J connectivity index is 1.05. The number of methoxy groups -OCH3 is 1. The quantitative estimate of drug-likeness (QED) is 0.534. The van der Waals surface area contributed by atoms with E-state index in [9.17, 15) is 4.79 Å². The molecule has 1 unspecified atom stereocenters. The van der Waals surface area contributed by atoms with Gasteiger partial charge in [-0.25, -0.2) is 4.68 Å². The fourth-order valence-electron chi connectivity index (χ4n) is 5.70. The predicted octanol–water partition coefficient (Wildman–Crippen LogP) is 1.29. The highest BCUT2D eigenvalue weighted by Crippen LogP contribution is 2.33. The molecule has 9 heteroatoms. The van der Waals surface area contributed by atoms with E-state index in [1.807, 2.05) is 53.3 Å². The Bertz CT molecular complexity index is 1210. The van der Waals surface area contributed by atoms with Gasteiger partial charge in [0.2, 0.25) is 12.7 Å². The summed E-state index contributed by atoms with van der Waals surface area (Å²) in [5, 5.41) is 11.9. The van der Waals surface area contributed by atoms with Gasteiger partial charge in [0.15, 0.2) is 11.5 Å². The van der Waals surface area contributed by atoms with E-state index in [0.717, 1.165) is 66.5 Å². The molecular formula is C26H30N5O4+. The van der Waals surface area contributed by atoms with E-state index in [2.05, 4.69) is 15.6 Å². The van der Waals surface area contributed by atoms with E-state index in [1.165, 1.54) is 4.90 Å². The normalized spacial score (nSPS) is 24.4. The van der Waals surface area contributed by atoms with Gasteiger partial charge >= 0.3 is 0 Å². The Morgan fingerprint density at radius 3 is 2.86 bits per heavy atom. The first-order valence-corrected chi connectivity index (χ1v) is 12.2. The maximum atomic E-state index is 13.0. The molecule has 3 fully saturated rings. The van der Waals surface area contributed by atoms with Crippen LogP contribution in [-0.4, -0.2) is 53.9 Å². The van der Waals surface area contributed by atoms with Crippen LogP contribution in [0.2, 0.25) is 0 Å². The molecule has 4 atom stereocenters. The number of hydrogen-bond acceptors (Lipinski definition) is 6. The van der Waals surface area contributed by atoms with Crippen molar-refractivity contribution in [2.75, 3.05) is 27.0 Å². The molecule has 3 saturated heterocycles. The van der Waals surface area contributed by atoms with Crippen LogP contribution in [0.4, 0.5) is 0 Å². The van der Waals surface area contributed by atoms with E-state index in [-0.39, 0.29) is 18.6 Å². The van der Waals surface area contributed by atoms with Gasteiger partial charge in [0.1, 0.15) is 17.5 Å². The van der Waals surface area contributed by atoms with Crippen LogP contribution in [0.25, 0.3) is 11.3 Å². The highest BCUT2D eigenvalue weighted by atomic mass is 16.7. The third kappa shape index (κ3) is 4.43. The van der Waals surface area contributed by atoms with Crippen molar-refractivity contribution in [3.8, 4) is 28.5 Å². The van der Waals surface area contributed by atoms with Gasteiger partial charge < -0.3 is 24.4 Å². The standard InChI is InChI=1S/C26H29N5O4/c1-33-21-5-3-18(4-6-21)23-15-31(29-28-23)13-20-11-19-8-9-30(20)14-22(19)26(32)27-12-17-2-7-24-25(10-17)35-16-34-24/h2-7,10,15,19-20,22H,8-9,11-14,16H2,1H3,(H,27,32)/p+1/t19-,20-,22+/m1/s1. The third-order valence-corrected chi connectivity index (χ3v) is 7.62. The van der Waals surface area contributed by atoms with Crippen molar-refractivity contribution in [3.63, 3.8) is 0 Å². The van der Waals surface area contributed by atoms with Crippen molar-refractivity contribution in [1.29, 1.82) is 0 Å². The van der Waals surface area contributed by atoms with Crippen LogP contribution in [0.1, 0.15) is 18.4 Å². The molecule has 5 heterocycles. The van der Waals surface area contributed by atoms with Crippen LogP contribution in [0, 0.1) is 11.8 Å². The number of nitrogens with one attached hydrogen (secondary N) is 2. The second-order valence-corrected chi connectivity index (χ2v) is 9.66. The number of hydrogen-bond donors (Lipinski definition) is 2. The first kappa shape index (κ1) is 21.9. The van der Waals surface area contributed by atoms with Crippen LogP contribution in [0.15, 0.2) is 48.7 Å². The molecule has 9 nitrogen and oxygen atoms in total. The monoisotopic (exact) mass is 476 g/mol.